The summed E-state index contributed by atoms with van der Waals surface area (Å²) in [4.78, 5) is 46.3. The monoisotopic (exact) mass is 466 g/mol. The lowest BCUT2D eigenvalue weighted by molar-refractivity contribution is -0.117. The summed E-state index contributed by atoms with van der Waals surface area (Å²) >= 11 is 1.31. The largest absolute Gasteiger partial charge is 0.364 e. The second-order valence-corrected chi connectivity index (χ2v) is 8.28. The zero-order chi connectivity index (χ0) is 22.9. The average molecular weight is 466 g/mol. The third-order valence-electron chi connectivity index (χ3n) is 5.22. The Balaban J connectivity index is 1.48. The van der Waals surface area contributed by atoms with Crippen molar-refractivity contribution in [2.24, 2.45) is 11.7 Å². The van der Waals surface area contributed by atoms with E-state index in [4.69, 9.17) is 5.73 Å². The maximum absolute atomic E-state index is 13.0. The molecule has 4 aromatic rings. The number of rotatable bonds is 7. The van der Waals surface area contributed by atoms with Gasteiger partial charge in [-0.2, -0.15) is 10.1 Å². The molecule has 0 aromatic carbocycles. The van der Waals surface area contributed by atoms with E-state index in [1.165, 1.54) is 17.4 Å². The summed E-state index contributed by atoms with van der Waals surface area (Å²) in [6.07, 6.45) is 4.51. The summed E-state index contributed by atoms with van der Waals surface area (Å²) in [5.41, 5.74) is 6.07. The van der Waals surface area contributed by atoms with Gasteiger partial charge < -0.3 is 26.1 Å². The number of aromatic amines is 1. The molecule has 5 heterocycles. The van der Waals surface area contributed by atoms with Crippen molar-refractivity contribution in [1.29, 1.82) is 0 Å². The Kier molecular flexibility index (Phi) is 5.18. The van der Waals surface area contributed by atoms with Gasteiger partial charge in [0.25, 0.3) is 5.91 Å². The van der Waals surface area contributed by atoms with Crippen molar-refractivity contribution in [3.63, 3.8) is 0 Å². The van der Waals surface area contributed by atoms with Crippen LogP contribution in [0.25, 0.3) is 5.52 Å². The van der Waals surface area contributed by atoms with Gasteiger partial charge in [-0.05, 0) is 18.6 Å². The van der Waals surface area contributed by atoms with Gasteiger partial charge in [0.2, 0.25) is 11.9 Å². The van der Waals surface area contributed by atoms with Gasteiger partial charge in [-0.15, -0.1) is 16.4 Å². The van der Waals surface area contributed by atoms with Crippen LogP contribution in [0.4, 0.5) is 22.7 Å². The van der Waals surface area contributed by atoms with E-state index in [1.54, 1.807) is 39.3 Å². The van der Waals surface area contributed by atoms with Crippen LogP contribution in [0.5, 0.6) is 0 Å². The molecule has 33 heavy (non-hydrogen) atoms. The lowest BCUT2D eigenvalue weighted by Gasteiger charge is -2.24. The molecule has 168 valence electrons. The third kappa shape index (κ3) is 3.98. The lowest BCUT2D eigenvalue weighted by atomic mass is 10.1. The van der Waals surface area contributed by atoms with Crippen LogP contribution in [0.2, 0.25) is 0 Å². The molecule has 1 aliphatic heterocycles. The number of aldehydes is 1. The Hall–Kier alpha value is -4.33. The number of nitrogens with two attached hydrogens (primary N) is 1. The fourth-order valence-electron chi connectivity index (χ4n) is 3.68. The number of fused-ring (bicyclic) bond motifs is 1. The lowest BCUT2D eigenvalue weighted by Crippen LogP contribution is -2.41. The summed E-state index contributed by atoms with van der Waals surface area (Å²) in [7, 11) is 0. The normalized spacial score (nSPS) is 17.9. The van der Waals surface area contributed by atoms with Crippen molar-refractivity contribution in [2.75, 3.05) is 22.1 Å². The minimum Gasteiger partial charge on any atom is -0.364 e. The Morgan fingerprint density at radius 2 is 2.24 bits per heavy atom. The first-order valence-corrected chi connectivity index (χ1v) is 10.8. The van der Waals surface area contributed by atoms with Crippen molar-refractivity contribution in [3.05, 3.63) is 41.7 Å². The van der Waals surface area contributed by atoms with Crippen molar-refractivity contribution in [3.8, 4) is 0 Å². The van der Waals surface area contributed by atoms with Crippen LogP contribution >= 0.6 is 11.3 Å². The van der Waals surface area contributed by atoms with E-state index in [-0.39, 0.29) is 23.5 Å². The Labute approximate surface area is 190 Å². The van der Waals surface area contributed by atoms with E-state index in [1.807, 2.05) is 0 Å². The number of aromatic nitrogens is 6. The molecule has 13 nitrogen and oxygen atoms in total. The summed E-state index contributed by atoms with van der Waals surface area (Å²) < 4.78 is 1.61. The van der Waals surface area contributed by atoms with E-state index in [0.717, 1.165) is 6.29 Å². The minimum atomic E-state index is -0.656. The minimum absolute atomic E-state index is 0.144. The van der Waals surface area contributed by atoms with Crippen LogP contribution in [0.3, 0.4) is 0 Å². The smallest absolute Gasteiger partial charge is 0.266 e. The van der Waals surface area contributed by atoms with E-state index >= 15 is 0 Å². The van der Waals surface area contributed by atoms with Crippen molar-refractivity contribution >= 4 is 57.7 Å². The van der Waals surface area contributed by atoms with Gasteiger partial charge >= 0.3 is 0 Å². The molecule has 1 saturated heterocycles. The van der Waals surface area contributed by atoms with Crippen LogP contribution in [-0.4, -0.2) is 60.5 Å². The van der Waals surface area contributed by atoms with E-state index in [0.29, 0.717) is 35.2 Å². The van der Waals surface area contributed by atoms with Gasteiger partial charge in [0.05, 0.1) is 0 Å². The molecular weight excluding hydrogens is 448 g/mol. The first kappa shape index (κ1) is 20.6. The fraction of sp³-hybridized carbons (Fsp3) is 0.211. The fourth-order valence-corrected chi connectivity index (χ4v) is 4.21. The molecule has 14 heteroatoms. The molecule has 5 rings (SSSR count). The first-order chi connectivity index (χ1) is 16.0. The van der Waals surface area contributed by atoms with Crippen LogP contribution < -0.4 is 21.3 Å². The number of carbonyl (C=O) groups is 3. The predicted octanol–water partition coefficient (Wildman–Crippen LogP) is 0.784. The van der Waals surface area contributed by atoms with Crippen molar-refractivity contribution in [1.82, 2.24) is 29.8 Å². The Bertz CT molecular complexity index is 1330. The summed E-state index contributed by atoms with van der Waals surface area (Å²) in [6.45, 7) is 0.292. The second kappa shape index (κ2) is 8.31. The van der Waals surface area contributed by atoms with Gasteiger partial charge in [-0.1, -0.05) is 0 Å². The standard InChI is InChI=1S/C19H18N10O3S/c20-15(31)11-7-14(26-25-11)22-16-12-2-1-4-29(12)27-18(23-16)28-8-10(9-30)6-13(28)17(32)24-19-21-3-5-33-19/h1-5,7,9-10,13H,6,8H2,(H2,20,31)(H,21,24,32)(H2,22,23,25,26,27)/t10-,13-/m0/s1. The maximum Gasteiger partial charge on any atom is 0.266 e. The van der Waals surface area contributed by atoms with Gasteiger partial charge in [-0.25, -0.2) is 9.50 Å². The van der Waals surface area contributed by atoms with Crippen molar-refractivity contribution < 1.29 is 14.4 Å². The number of hydrogen-bond donors (Lipinski definition) is 4. The van der Waals surface area contributed by atoms with E-state index < -0.39 is 11.9 Å². The van der Waals surface area contributed by atoms with Crippen LogP contribution in [0.15, 0.2) is 36.0 Å². The second-order valence-electron chi connectivity index (χ2n) is 7.38. The molecule has 2 atom stereocenters. The van der Waals surface area contributed by atoms with Crippen LogP contribution in [0, 0.1) is 5.92 Å². The average Bonchev–Trinajstić information content (AvgIpc) is 3.59. The zero-order valence-corrected chi connectivity index (χ0v) is 17.8. The number of carbonyl (C=O) groups excluding carboxylic acids is 3. The van der Waals surface area contributed by atoms with Crippen LogP contribution in [0.1, 0.15) is 16.9 Å². The highest BCUT2D eigenvalue weighted by Crippen LogP contribution is 2.29. The van der Waals surface area contributed by atoms with Gasteiger partial charge in [0, 0.05) is 36.3 Å². The van der Waals surface area contributed by atoms with E-state index in [9.17, 15) is 14.4 Å². The number of primary amides is 1. The van der Waals surface area contributed by atoms with Gasteiger partial charge in [0.15, 0.2) is 16.8 Å². The SMILES string of the molecule is NC(=O)c1cc(Nc2nc(N3C[C@@H](C=O)C[C@H]3C(=O)Nc3nccs3)nn3cccc23)n[nH]1. The summed E-state index contributed by atoms with van der Waals surface area (Å²) in [5, 5.41) is 19.2. The quantitative estimate of drug-likeness (QED) is 0.287. The molecule has 1 fully saturated rings. The van der Waals surface area contributed by atoms with Crippen molar-refractivity contribution in [2.45, 2.75) is 12.5 Å². The molecule has 2 amide bonds. The summed E-state index contributed by atoms with van der Waals surface area (Å²) in [5.74, 6) is -0.281. The molecule has 0 unspecified atom stereocenters. The summed E-state index contributed by atoms with van der Waals surface area (Å²) in [6, 6.07) is 4.41. The van der Waals surface area contributed by atoms with E-state index in [2.05, 4.69) is 35.9 Å². The third-order valence-corrected chi connectivity index (χ3v) is 5.91. The topological polar surface area (TPSA) is 176 Å². The number of nitrogens with one attached hydrogen (secondary N) is 3. The van der Waals surface area contributed by atoms with Crippen LogP contribution in [-0.2, 0) is 9.59 Å². The molecule has 0 radical (unpaired) electrons. The number of hydrogen-bond acceptors (Lipinski definition) is 10. The molecule has 0 spiro atoms. The highest BCUT2D eigenvalue weighted by molar-refractivity contribution is 7.13. The Morgan fingerprint density at radius 1 is 1.36 bits per heavy atom. The van der Waals surface area contributed by atoms with Gasteiger partial charge in [0.1, 0.15) is 23.5 Å². The highest BCUT2D eigenvalue weighted by Gasteiger charge is 2.39. The highest BCUT2D eigenvalue weighted by atomic mass is 32.1. The number of anilines is 4. The first-order valence-electron chi connectivity index (χ1n) is 9.91. The molecule has 5 N–H and O–H groups in total. The molecule has 4 aromatic heterocycles. The number of nitrogens with zero attached hydrogens (tertiary/aromatic N) is 6. The molecule has 0 saturated carbocycles. The molecule has 0 aliphatic carbocycles. The maximum atomic E-state index is 13.0. The molecular formula is C19H18N10O3S. The Morgan fingerprint density at radius 3 is 2.97 bits per heavy atom. The molecule has 0 bridgehead atoms. The number of thiazole rings is 1. The number of H-pyrrole nitrogens is 1. The number of amides is 2. The molecule has 1 aliphatic rings. The zero-order valence-electron chi connectivity index (χ0n) is 17.0. The predicted molar refractivity (Wildman–Crippen MR) is 119 cm³/mol. The van der Waals surface area contributed by atoms with Gasteiger partial charge in [-0.3, -0.25) is 14.7 Å².